The molecule has 0 aliphatic carbocycles. The van der Waals surface area contributed by atoms with E-state index >= 15 is 0 Å². The zero-order chi connectivity index (χ0) is 19.1. The first-order valence-corrected chi connectivity index (χ1v) is 8.76. The Balaban J connectivity index is 1.80. The van der Waals surface area contributed by atoms with Crippen LogP contribution in [0.25, 0.3) is 0 Å². The molecule has 1 N–H and O–H groups in total. The maximum absolute atomic E-state index is 12.4. The van der Waals surface area contributed by atoms with Gasteiger partial charge in [0.05, 0.1) is 17.7 Å². The van der Waals surface area contributed by atoms with E-state index in [0.717, 1.165) is 16.7 Å². The number of ether oxygens (including phenoxy) is 1. The molecule has 0 saturated carbocycles. The second kappa shape index (κ2) is 8.88. The lowest BCUT2D eigenvalue weighted by molar-refractivity contribution is 0.137. The molecule has 0 radical (unpaired) electrons. The number of rotatable bonds is 5. The Morgan fingerprint density at radius 1 is 1.00 bits per heavy atom. The Hall–Kier alpha value is -3.29. The Kier molecular flexibility index (Phi) is 6.09. The van der Waals surface area contributed by atoms with Crippen LogP contribution in [0.2, 0.25) is 5.02 Å². The molecule has 0 saturated heterocycles. The largest absolute Gasteiger partial charge is 0.445 e. The molecule has 0 heterocycles. The Labute approximate surface area is 163 Å². The van der Waals surface area contributed by atoms with E-state index in [1.54, 1.807) is 30.3 Å². The maximum atomic E-state index is 12.4. The number of amides is 1. The van der Waals surface area contributed by atoms with E-state index in [0.29, 0.717) is 10.6 Å². The number of carbonyl (C=O) groups is 1. The van der Waals surface area contributed by atoms with Gasteiger partial charge >= 0.3 is 6.09 Å². The van der Waals surface area contributed by atoms with Crippen molar-refractivity contribution in [1.82, 2.24) is 5.32 Å². The molecule has 3 aromatic carbocycles. The predicted molar refractivity (Wildman–Crippen MR) is 104 cm³/mol. The SMILES string of the molecule is N#Cc1cccc(C(NC(=O)OCc2ccccc2)c2ccc(Cl)cc2)c1. The van der Waals surface area contributed by atoms with Gasteiger partial charge in [-0.2, -0.15) is 5.26 Å². The van der Waals surface area contributed by atoms with Gasteiger partial charge in [-0.3, -0.25) is 0 Å². The van der Waals surface area contributed by atoms with Gasteiger partial charge in [0.1, 0.15) is 6.61 Å². The van der Waals surface area contributed by atoms with Crippen LogP contribution in [-0.2, 0) is 11.3 Å². The normalized spacial score (nSPS) is 11.3. The van der Waals surface area contributed by atoms with Crippen molar-refractivity contribution in [2.24, 2.45) is 0 Å². The van der Waals surface area contributed by atoms with E-state index in [1.807, 2.05) is 48.5 Å². The second-order valence-corrected chi connectivity index (χ2v) is 6.36. The Bertz CT molecular complexity index is 950. The van der Waals surface area contributed by atoms with Crippen LogP contribution in [0, 0.1) is 11.3 Å². The van der Waals surface area contributed by atoms with Crippen LogP contribution >= 0.6 is 11.6 Å². The van der Waals surface area contributed by atoms with E-state index in [-0.39, 0.29) is 6.61 Å². The van der Waals surface area contributed by atoms with Crippen molar-refractivity contribution in [3.8, 4) is 6.07 Å². The number of nitriles is 1. The third-order valence-corrected chi connectivity index (χ3v) is 4.28. The summed E-state index contributed by atoms with van der Waals surface area (Å²) in [6, 6.07) is 25.4. The van der Waals surface area contributed by atoms with Crippen LogP contribution in [0.1, 0.15) is 28.3 Å². The number of nitrogens with zero attached hydrogens (tertiary/aromatic N) is 1. The van der Waals surface area contributed by atoms with E-state index in [4.69, 9.17) is 21.6 Å². The number of nitrogens with one attached hydrogen (secondary N) is 1. The molecule has 0 aliphatic rings. The first-order valence-electron chi connectivity index (χ1n) is 8.38. The van der Waals surface area contributed by atoms with E-state index in [1.165, 1.54) is 0 Å². The molecule has 5 heteroatoms. The summed E-state index contributed by atoms with van der Waals surface area (Å²) in [4.78, 5) is 12.4. The van der Waals surface area contributed by atoms with Crippen molar-refractivity contribution in [3.05, 3.63) is 106 Å². The number of benzene rings is 3. The van der Waals surface area contributed by atoms with Gasteiger partial charge in [-0.1, -0.05) is 66.2 Å². The van der Waals surface area contributed by atoms with Crippen molar-refractivity contribution in [2.45, 2.75) is 12.6 Å². The van der Waals surface area contributed by atoms with Crippen LogP contribution in [0.4, 0.5) is 4.79 Å². The highest BCUT2D eigenvalue weighted by Gasteiger charge is 2.18. The minimum absolute atomic E-state index is 0.179. The molecule has 0 bridgehead atoms. The summed E-state index contributed by atoms with van der Waals surface area (Å²) < 4.78 is 5.34. The molecule has 0 aliphatic heterocycles. The van der Waals surface area contributed by atoms with Crippen LogP contribution in [0.5, 0.6) is 0 Å². The highest BCUT2D eigenvalue weighted by Crippen LogP contribution is 2.24. The standard InChI is InChI=1S/C22H17ClN2O2/c23-20-11-9-18(10-12-20)21(19-8-4-7-17(13-19)14-24)25-22(26)27-15-16-5-2-1-3-6-16/h1-13,21H,15H2,(H,25,26). The number of alkyl carbamates (subject to hydrolysis) is 1. The van der Waals surface area contributed by atoms with Crippen molar-refractivity contribution < 1.29 is 9.53 Å². The van der Waals surface area contributed by atoms with E-state index in [2.05, 4.69) is 11.4 Å². The number of halogens is 1. The topological polar surface area (TPSA) is 62.1 Å². The Morgan fingerprint density at radius 2 is 1.74 bits per heavy atom. The zero-order valence-electron chi connectivity index (χ0n) is 14.4. The van der Waals surface area contributed by atoms with Crippen molar-refractivity contribution in [1.29, 1.82) is 5.26 Å². The van der Waals surface area contributed by atoms with Gasteiger partial charge in [0.15, 0.2) is 0 Å². The lowest BCUT2D eigenvalue weighted by atomic mass is 9.97. The molecular formula is C22H17ClN2O2. The van der Waals surface area contributed by atoms with Gasteiger partial charge in [-0.05, 0) is 41.0 Å². The average Bonchev–Trinajstić information content (AvgIpc) is 2.72. The van der Waals surface area contributed by atoms with Gasteiger partial charge in [-0.15, -0.1) is 0 Å². The summed E-state index contributed by atoms with van der Waals surface area (Å²) in [5, 5.41) is 12.6. The molecule has 27 heavy (non-hydrogen) atoms. The summed E-state index contributed by atoms with van der Waals surface area (Å²) in [5.41, 5.74) is 3.05. The monoisotopic (exact) mass is 376 g/mol. The van der Waals surface area contributed by atoms with Gasteiger partial charge in [0.2, 0.25) is 0 Å². The highest BCUT2D eigenvalue weighted by molar-refractivity contribution is 6.30. The van der Waals surface area contributed by atoms with Gasteiger partial charge in [-0.25, -0.2) is 4.79 Å². The summed E-state index contributed by atoms with van der Waals surface area (Å²) >= 11 is 5.98. The molecule has 4 nitrogen and oxygen atoms in total. The maximum Gasteiger partial charge on any atom is 0.408 e. The fourth-order valence-corrected chi connectivity index (χ4v) is 2.81. The molecule has 1 atom stereocenters. The molecule has 0 aromatic heterocycles. The van der Waals surface area contributed by atoms with Crippen LogP contribution in [0.3, 0.4) is 0 Å². The smallest absolute Gasteiger partial charge is 0.408 e. The molecule has 3 aromatic rings. The summed E-state index contributed by atoms with van der Waals surface area (Å²) in [6.45, 7) is 0.179. The number of carbonyl (C=O) groups excluding carboxylic acids is 1. The fourth-order valence-electron chi connectivity index (χ4n) is 2.68. The zero-order valence-corrected chi connectivity index (χ0v) is 15.2. The van der Waals surface area contributed by atoms with Crippen LogP contribution < -0.4 is 5.32 Å². The number of hydrogen-bond donors (Lipinski definition) is 1. The second-order valence-electron chi connectivity index (χ2n) is 5.93. The minimum atomic E-state index is -0.541. The lowest BCUT2D eigenvalue weighted by Gasteiger charge is -2.20. The van der Waals surface area contributed by atoms with E-state index < -0.39 is 12.1 Å². The molecule has 3 rings (SSSR count). The third kappa shape index (κ3) is 5.10. The van der Waals surface area contributed by atoms with E-state index in [9.17, 15) is 4.79 Å². The van der Waals surface area contributed by atoms with Crippen molar-refractivity contribution in [3.63, 3.8) is 0 Å². The molecular weight excluding hydrogens is 360 g/mol. The molecule has 1 amide bonds. The first-order chi connectivity index (χ1) is 13.2. The predicted octanol–water partition coefficient (Wildman–Crippen LogP) is 5.23. The molecule has 0 spiro atoms. The quantitative estimate of drug-likeness (QED) is 0.663. The van der Waals surface area contributed by atoms with Gasteiger partial charge in [0, 0.05) is 5.02 Å². The van der Waals surface area contributed by atoms with Crippen LogP contribution in [-0.4, -0.2) is 6.09 Å². The van der Waals surface area contributed by atoms with Gasteiger partial charge < -0.3 is 10.1 Å². The Morgan fingerprint density at radius 3 is 2.44 bits per heavy atom. The van der Waals surface area contributed by atoms with Crippen LogP contribution in [0.15, 0.2) is 78.9 Å². The average molecular weight is 377 g/mol. The fraction of sp³-hybridized carbons (Fsp3) is 0.0909. The minimum Gasteiger partial charge on any atom is -0.445 e. The van der Waals surface area contributed by atoms with Gasteiger partial charge in [0.25, 0.3) is 0 Å². The summed E-state index contributed by atoms with van der Waals surface area (Å²) in [5.74, 6) is 0. The van der Waals surface area contributed by atoms with Crippen molar-refractivity contribution >= 4 is 17.7 Å². The molecule has 1 unspecified atom stereocenters. The first kappa shape index (κ1) is 18.5. The number of hydrogen-bond acceptors (Lipinski definition) is 3. The summed E-state index contributed by atoms with van der Waals surface area (Å²) in [6.07, 6.45) is -0.541. The molecule has 134 valence electrons. The third-order valence-electron chi connectivity index (χ3n) is 4.03. The lowest BCUT2D eigenvalue weighted by Crippen LogP contribution is -2.29. The summed E-state index contributed by atoms with van der Waals surface area (Å²) in [7, 11) is 0. The highest BCUT2D eigenvalue weighted by atomic mass is 35.5. The van der Waals surface area contributed by atoms with Crippen molar-refractivity contribution in [2.75, 3.05) is 0 Å². The molecule has 0 fully saturated rings.